The summed E-state index contributed by atoms with van der Waals surface area (Å²) in [4.78, 5) is 16.6. The fraction of sp³-hybridized carbons (Fsp3) is 0.304. The summed E-state index contributed by atoms with van der Waals surface area (Å²) in [5, 5.41) is 7.96. The van der Waals surface area contributed by atoms with Gasteiger partial charge in [-0.25, -0.2) is 16.8 Å². The van der Waals surface area contributed by atoms with Crippen LogP contribution in [-0.4, -0.2) is 64.7 Å². The van der Waals surface area contributed by atoms with E-state index in [1.807, 2.05) is 0 Å². The molecule has 1 unspecified atom stereocenters. The smallest absolute Gasteiger partial charge is 0.253 e. The summed E-state index contributed by atoms with van der Waals surface area (Å²) in [7, 11) is -6.95. The van der Waals surface area contributed by atoms with Crippen LogP contribution in [0.1, 0.15) is 18.4 Å². The molecule has 2 aromatic rings. The van der Waals surface area contributed by atoms with E-state index in [0.29, 0.717) is 52.5 Å². The van der Waals surface area contributed by atoms with Crippen molar-refractivity contribution < 1.29 is 21.6 Å². The van der Waals surface area contributed by atoms with Gasteiger partial charge in [0.15, 0.2) is 15.9 Å². The lowest BCUT2D eigenvalue weighted by Crippen LogP contribution is -2.42. The number of carbonyl (C=O) groups is 1. The average molecular weight is 533 g/mol. The van der Waals surface area contributed by atoms with Gasteiger partial charge in [-0.2, -0.15) is 4.31 Å². The second-order valence-corrected chi connectivity index (χ2v) is 13.8. The standard InChI is InChI=1S/C23H24N4O5S3/c1-34(29,30)16-4-5-20(18(13-16)19-14-25-23(28)22-17(19)6-9-24-22)26-15-7-10-27(11-8-15)35(31,32)21-3-2-12-33-21/h2-6,9,12-15,22,26H,7-8,10-11H2,1H3,(H,25,28). The van der Waals surface area contributed by atoms with Crippen LogP contribution < -0.4 is 10.6 Å². The maximum Gasteiger partial charge on any atom is 0.253 e. The van der Waals surface area contributed by atoms with Crippen LogP contribution in [0, 0.1) is 0 Å². The highest BCUT2D eigenvalue weighted by molar-refractivity contribution is 7.91. The van der Waals surface area contributed by atoms with Crippen molar-refractivity contribution in [2.24, 2.45) is 4.99 Å². The van der Waals surface area contributed by atoms with Gasteiger partial charge < -0.3 is 10.6 Å². The number of nitrogens with zero attached hydrogens (tertiary/aromatic N) is 2. The number of sulfone groups is 1. The third-order valence-corrected chi connectivity index (χ3v) is 10.7. The Morgan fingerprint density at radius 3 is 2.60 bits per heavy atom. The zero-order valence-corrected chi connectivity index (χ0v) is 21.3. The molecular weight excluding hydrogens is 508 g/mol. The van der Waals surface area contributed by atoms with Crippen LogP contribution in [0.5, 0.6) is 0 Å². The van der Waals surface area contributed by atoms with E-state index in [0.717, 1.165) is 6.26 Å². The van der Waals surface area contributed by atoms with E-state index >= 15 is 0 Å². The number of anilines is 1. The molecule has 0 bridgehead atoms. The van der Waals surface area contributed by atoms with E-state index in [2.05, 4.69) is 15.6 Å². The highest BCUT2D eigenvalue weighted by Crippen LogP contribution is 2.37. The molecule has 3 aliphatic rings. The number of thiophene rings is 1. The van der Waals surface area contributed by atoms with Crippen LogP contribution in [0.25, 0.3) is 5.57 Å². The van der Waals surface area contributed by atoms with Gasteiger partial charge in [0.1, 0.15) is 4.21 Å². The molecule has 0 aliphatic carbocycles. The van der Waals surface area contributed by atoms with Crippen LogP contribution in [0.15, 0.2) is 67.7 Å². The SMILES string of the molecule is CS(=O)(=O)c1ccc(NC2CCN(S(=O)(=O)c3cccs3)CC2)c(C2=CNC(=O)C3N=CC=C23)c1. The number of benzene rings is 1. The molecular formula is C23H24N4O5S3. The number of aliphatic imine (C=N–C) groups is 1. The monoisotopic (exact) mass is 532 g/mol. The number of hydrogen-bond acceptors (Lipinski definition) is 8. The Hall–Kier alpha value is -2.80. The quantitative estimate of drug-likeness (QED) is 0.588. The molecule has 184 valence electrons. The average Bonchev–Trinajstić information content (AvgIpc) is 3.53. The van der Waals surface area contributed by atoms with Crippen molar-refractivity contribution in [3.05, 3.63) is 59.1 Å². The summed E-state index contributed by atoms with van der Waals surface area (Å²) in [5.41, 5.74) is 2.76. The molecule has 1 atom stereocenters. The second kappa shape index (κ2) is 9.01. The van der Waals surface area contributed by atoms with Crippen LogP contribution >= 0.6 is 11.3 Å². The van der Waals surface area contributed by atoms with Crippen molar-refractivity contribution in [2.75, 3.05) is 24.7 Å². The molecule has 5 rings (SSSR count). The van der Waals surface area contributed by atoms with Crippen molar-refractivity contribution in [2.45, 2.75) is 34.0 Å². The zero-order chi connectivity index (χ0) is 24.8. The summed E-state index contributed by atoms with van der Waals surface area (Å²) in [6.45, 7) is 0.767. The van der Waals surface area contributed by atoms with Crippen LogP contribution in [0.3, 0.4) is 0 Å². The van der Waals surface area contributed by atoms with Gasteiger partial charge in [-0.3, -0.25) is 9.79 Å². The Morgan fingerprint density at radius 1 is 1.14 bits per heavy atom. The number of rotatable bonds is 6. The largest absolute Gasteiger partial charge is 0.382 e. The van der Waals surface area contributed by atoms with Gasteiger partial charge in [0, 0.05) is 54.6 Å². The summed E-state index contributed by atoms with van der Waals surface area (Å²) in [6.07, 6.45) is 7.28. The van der Waals surface area contributed by atoms with Crippen molar-refractivity contribution in [3.63, 3.8) is 0 Å². The Labute approximate surface area is 208 Å². The Balaban J connectivity index is 1.41. The van der Waals surface area contributed by atoms with Crippen molar-refractivity contribution in [1.82, 2.24) is 9.62 Å². The maximum atomic E-state index is 12.8. The molecule has 1 aromatic heterocycles. The van der Waals surface area contributed by atoms with Crippen molar-refractivity contribution >= 4 is 54.6 Å². The highest BCUT2D eigenvalue weighted by atomic mass is 32.2. The van der Waals surface area contributed by atoms with E-state index in [9.17, 15) is 21.6 Å². The fourth-order valence-electron chi connectivity index (χ4n) is 4.47. The lowest BCUT2D eigenvalue weighted by Gasteiger charge is -2.32. The molecule has 1 aromatic carbocycles. The minimum absolute atomic E-state index is 0.00370. The molecule has 0 radical (unpaired) electrons. The predicted octanol–water partition coefficient (Wildman–Crippen LogP) is 2.27. The van der Waals surface area contributed by atoms with Crippen molar-refractivity contribution in [3.8, 4) is 0 Å². The van der Waals surface area contributed by atoms with Gasteiger partial charge in [-0.05, 0) is 54.1 Å². The van der Waals surface area contributed by atoms with Gasteiger partial charge in [0.05, 0.1) is 4.90 Å². The molecule has 1 saturated heterocycles. The molecule has 9 nitrogen and oxygen atoms in total. The number of piperidine rings is 1. The number of carbonyl (C=O) groups excluding carboxylic acids is 1. The number of nitrogens with one attached hydrogen (secondary N) is 2. The number of fused-ring (bicyclic) bond motifs is 1. The summed E-state index contributed by atoms with van der Waals surface area (Å²) in [5.74, 6) is -0.234. The molecule has 35 heavy (non-hydrogen) atoms. The van der Waals surface area contributed by atoms with E-state index in [-0.39, 0.29) is 16.8 Å². The third kappa shape index (κ3) is 4.58. The Morgan fingerprint density at radius 2 is 1.91 bits per heavy atom. The predicted molar refractivity (Wildman–Crippen MR) is 136 cm³/mol. The zero-order valence-electron chi connectivity index (χ0n) is 18.8. The molecule has 4 heterocycles. The fourth-order valence-corrected chi connectivity index (χ4v) is 7.73. The van der Waals surface area contributed by atoms with Gasteiger partial charge in [0.25, 0.3) is 15.9 Å². The van der Waals surface area contributed by atoms with Gasteiger partial charge >= 0.3 is 0 Å². The first-order valence-electron chi connectivity index (χ1n) is 11.0. The molecule has 0 spiro atoms. The summed E-state index contributed by atoms with van der Waals surface area (Å²) >= 11 is 1.21. The number of hydrogen-bond donors (Lipinski definition) is 2. The van der Waals surface area contributed by atoms with E-state index in [1.165, 1.54) is 15.6 Å². The lowest BCUT2D eigenvalue weighted by molar-refractivity contribution is -0.120. The van der Waals surface area contributed by atoms with Crippen LogP contribution in [-0.2, 0) is 24.7 Å². The first-order valence-corrected chi connectivity index (χ1v) is 15.2. The normalized spacial score (nSPS) is 21.3. The Bertz CT molecular complexity index is 1470. The van der Waals surface area contributed by atoms with E-state index in [1.54, 1.807) is 54.2 Å². The highest BCUT2D eigenvalue weighted by Gasteiger charge is 2.33. The van der Waals surface area contributed by atoms with Crippen LogP contribution in [0.4, 0.5) is 5.69 Å². The minimum Gasteiger partial charge on any atom is -0.382 e. The van der Waals surface area contributed by atoms with E-state index < -0.39 is 25.9 Å². The van der Waals surface area contributed by atoms with Gasteiger partial charge in [-0.15, -0.1) is 11.3 Å². The number of amides is 1. The number of sulfonamides is 1. The molecule has 3 aliphatic heterocycles. The van der Waals surface area contributed by atoms with E-state index in [4.69, 9.17) is 0 Å². The summed E-state index contributed by atoms with van der Waals surface area (Å²) in [6, 6.07) is 7.57. The molecule has 1 fully saturated rings. The first-order chi connectivity index (χ1) is 16.6. The summed E-state index contributed by atoms with van der Waals surface area (Å²) < 4.78 is 52.1. The molecule has 1 amide bonds. The molecule has 12 heteroatoms. The maximum absolute atomic E-state index is 12.8. The number of allylic oxidation sites excluding steroid dienone is 1. The second-order valence-electron chi connectivity index (χ2n) is 8.62. The molecule has 2 N–H and O–H groups in total. The Kier molecular flexibility index (Phi) is 6.16. The molecule has 0 saturated carbocycles. The lowest BCUT2D eigenvalue weighted by atomic mass is 9.90. The van der Waals surface area contributed by atoms with Crippen molar-refractivity contribution in [1.29, 1.82) is 0 Å². The van der Waals surface area contributed by atoms with Crippen LogP contribution in [0.2, 0.25) is 0 Å². The first kappa shape index (κ1) is 23.9. The minimum atomic E-state index is -3.49. The van der Waals surface area contributed by atoms with Gasteiger partial charge in [0.2, 0.25) is 0 Å². The topological polar surface area (TPSA) is 125 Å². The third-order valence-electron chi connectivity index (χ3n) is 6.31. The van der Waals surface area contributed by atoms with Gasteiger partial charge in [-0.1, -0.05) is 6.07 Å².